The highest BCUT2D eigenvalue weighted by Gasteiger charge is 2.41. The summed E-state index contributed by atoms with van der Waals surface area (Å²) in [5.41, 5.74) is 4.49. The van der Waals surface area contributed by atoms with Crippen molar-refractivity contribution in [1.82, 2.24) is 4.90 Å². The van der Waals surface area contributed by atoms with Crippen molar-refractivity contribution in [2.75, 3.05) is 14.1 Å². The maximum Gasteiger partial charge on any atom is 0.255 e. The number of hydrogen-bond donors (Lipinski definition) is 6. The summed E-state index contributed by atoms with van der Waals surface area (Å²) in [6, 6.07) is -1.02. The van der Waals surface area contributed by atoms with Gasteiger partial charge in [-0.2, -0.15) is 0 Å². The molecule has 2 unspecified atom stereocenters. The standard InChI is InChI=1S/C28H42N2O8/c1-7-10-28(3,4)17-9-8-16-14(2)11-15(31)12-18(30(5)6)24(35)22(27(29)38)26(37)25(36)20(33)13-19(32)21(16)23(17)34/h8-9,13-15,17-18,23,25,31,33-36H,7,10-12H2,1-6H3,(H2,29,38)/b20-13-,24-22-/t14-,15+,17?,18+,23?,25+/m1/s1. The summed E-state index contributed by atoms with van der Waals surface area (Å²) >= 11 is 0. The Labute approximate surface area is 223 Å². The molecule has 2 rings (SSSR count). The van der Waals surface area contributed by atoms with Crippen molar-refractivity contribution in [3.05, 3.63) is 46.5 Å². The number of nitrogens with two attached hydrogens (primary N) is 1. The molecule has 0 radical (unpaired) electrons. The zero-order valence-electron chi connectivity index (χ0n) is 23.0. The summed E-state index contributed by atoms with van der Waals surface area (Å²) in [5, 5.41) is 54.2. The van der Waals surface area contributed by atoms with Crippen molar-refractivity contribution in [3.8, 4) is 0 Å². The number of carbonyl (C=O) groups is 3. The van der Waals surface area contributed by atoms with Crippen LogP contribution in [0.15, 0.2) is 46.5 Å². The van der Waals surface area contributed by atoms with E-state index in [-0.39, 0.29) is 23.8 Å². The normalized spacial score (nSPS) is 33.6. The number of aliphatic hydroxyl groups is 5. The molecule has 0 aromatic carbocycles. The number of ketones is 2. The van der Waals surface area contributed by atoms with E-state index in [4.69, 9.17) is 5.73 Å². The van der Waals surface area contributed by atoms with Gasteiger partial charge in [-0.05, 0) is 50.3 Å². The molecule has 0 heterocycles. The zero-order valence-corrected chi connectivity index (χ0v) is 23.0. The van der Waals surface area contributed by atoms with Crippen LogP contribution in [0, 0.1) is 17.3 Å². The molecule has 0 saturated carbocycles. The molecular formula is C28H42N2O8. The van der Waals surface area contributed by atoms with Crippen molar-refractivity contribution >= 4 is 17.5 Å². The van der Waals surface area contributed by atoms with E-state index in [2.05, 4.69) is 0 Å². The molecule has 0 aromatic heterocycles. The Morgan fingerprint density at radius 3 is 2.26 bits per heavy atom. The average Bonchev–Trinajstić information content (AvgIpc) is 2.80. The Morgan fingerprint density at radius 2 is 1.74 bits per heavy atom. The van der Waals surface area contributed by atoms with Crippen LogP contribution in [0.3, 0.4) is 0 Å². The maximum absolute atomic E-state index is 13.4. The molecule has 0 spiro atoms. The molecule has 6 atom stereocenters. The molecule has 2 aliphatic carbocycles. The predicted octanol–water partition coefficient (Wildman–Crippen LogP) is 1.62. The molecule has 0 bridgehead atoms. The largest absolute Gasteiger partial charge is 0.510 e. The second-order valence-corrected chi connectivity index (χ2v) is 11.3. The lowest BCUT2D eigenvalue weighted by atomic mass is 9.67. The van der Waals surface area contributed by atoms with Gasteiger partial charge in [-0.1, -0.05) is 46.3 Å². The van der Waals surface area contributed by atoms with Crippen molar-refractivity contribution < 1.29 is 39.9 Å². The molecule has 0 saturated heterocycles. The zero-order chi connectivity index (χ0) is 29.1. The minimum Gasteiger partial charge on any atom is -0.510 e. The van der Waals surface area contributed by atoms with E-state index in [1.807, 2.05) is 26.8 Å². The molecule has 0 aliphatic heterocycles. The summed E-state index contributed by atoms with van der Waals surface area (Å²) in [6.45, 7) is 7.78. The quantitative estimate of drug-likeness (QED) is 0.286. The second-order valence-electron chi connectivity index (χ2n) is 11.3. The van der Waals surface area contributed by atoms with Crippen LogP contribution in [0.1, 0.15) is 53.4 Å². The van der Waals surface area contributed by atoms with Crippen LogP contribution in [0.2, 0.25) is 0 Å². The number of allylic oxidation sites excluding steroid dienone is 3. The number of rotatable bonds is 5. The number of carbonyl (C=O) groups excluding carboxylic acids is 3. The number of primary amides is 1. The highest BCUT2D eigenvalue weighted by Crippen LogP contribution is 2.42. The van der Waals surface area contributed by atoms with Gasteiger partial charge in [-0.25, -0.2) is 0 Å². The number of nitrogens with zero attached hydrogens (tertiary/aromatic N) is 1. The van der Waals surface area contributed by atoms with E-state index in [0.29, 0.717) is 11.6 Å². The number of hydrogen-bond acceptors (Lipinski definition) is 9. The number of aliphatic hydroxyl groups excluding tert-OH is 5. The third-order valence-electron chi connectivity index (χ3n) is 7.64. The first-order valence-electron chi connectivity index (χ1n) is 12.9. The fourth-order valence-corrected chi connectivity index (χ4v) is 5.53. The van der Waals surface area contributed by atoms with Crippen LogP contribution in [-0.4, -0.2) is 86.4 Å². The predicted molar refractivity (Wildman–Crippen MR) is 142 cm³/mol. The average molecular weight is 535 g/mol. The van der Waals surface area contributed by atoms with Gasteiger partial charge in [-0.3, -0.25) is 19.3 Å². The maximum atomic E-state index is 13.4. The molecular weight excluding hydrogens is 492 g/mol. The lowest BCUT2D eigenvalue weighted by Gasteiger charge is -2.39. The summed E-state index contributed by atoms with van der Waals surface area (Å²) in [5.74, 6) is -6.24. The van der Waals surface area contributed by atoms with Crippen LogP contribution in [0.4, 0.5) is 0 Å². The Balaban J connectivity index is 2.74. The van der Waals surface area contributed by atoms with E-state index in [9.17, 15) is 39.9 Å². The van der Waals surface area contributed by atoms with Gasteiger partial charge in [-0.15, -0.1) is 0 Å². The van der Waals surface area contributed by atoms with Gasteiger partial charge < -0.3 is 31.3 Å². The molecule has 38 heavy (non-hydrogen) atoms. The smallest absolute Gasteiger partial charge is 0.255 e. The van der Waals surface area contributed by atoms with E-state index < -0.39 is 70.8 Å². The molecule has 0 aromatic rings. The Morgan fingerprint density at radius 1 is 1.13 bits per heavy atom. The SMILES string of the molecule is CCCC(C)(C)C1C=CC2=C(C(=O)/C=C(\O)[C@H](O)C(=O)/C(C(N)=O)=C(/O)[C@@H](N(C)C)C[C@@H](O)C[C@H]2C)C1O. The van der Waals surface area contributed by atoms with Crippen molar-refractivity contribution in [2.24, 2.45) is 23.0 Å². The van der Waals surface area contributed by atoms with Crippen LogP contribution in [-0.2, 0) is 14.4 Å². The van der Waals surface area contributed by atoms with Gasteiger partial charge in [0.2, 0.25) is 5.78 Å². The van der Waals surface area contributed by atoms with Crippen LogP contribution in [0.5, 0.6) is 0 Å². The van der Waals surface area contributed by atoms with E-state index in [0.717, 1.165) is 12.8 Å². The fraction of sp³-hybridized carbons (Fsp3) is 0.607. The van der Waals surface area contributed by atoms with Gasteiger partial charge in [0, 0.05) is 17.6 Å². The van der Waals surface area contributed by atoms with Crippen molar-refractivity contribution in [3.63, 3.8) is 0 Å². The van der Waals surface area contributed by atoms with Crippen molar-refractivity contribution in [2.45, 2.75) is 77.7 Å². The molecule has 10 heteroatoms. The number of Topliss-reactive ketones (excluding diaryl/α,β-unsaturated/α-hetero) is 1. The summed E-state index contributed by atoms with van der Waals surface area (Å²) in [4.78, 5) is 40.0. The highest BCUT2D eigenvalue weighted by molar-refractivity contribution is 6.21. The molecule has 10 nitrogen and oxygen atoms in total. The third-order valence-corrected chi connectivity index (χ3v) is 7.64. The van der Waals surface area contributed by atoms with E-state index in [1.165, 1.54) is 4.90 Å². The second kappa shape index (κ2) is 12.4. The van der Waals surface area contributed by atoms with Gasteiger partial charge in [0.05, 0.1) is 18.2 Å². The number of amides is 1. The first-order chi connectivity index (χ1) is 17.5. The Kier molecular flexibility index (Phi) is 10.2. The van der Waals surface area contributed by atoms with Gasteiger partial charge in [0.15, 0.2) is 11.9 Å². The summed E-state index contributed by atoms with van der Waals surface area (Å²) in [7, 11) is 3.13. The van der Waals surface area contributed by atoms with Crippen LogP contribution >= 0.6 is 0 Å². The Hall–Kier alpha value is -2.79. The fourth-order valence-electron chi connectivity index (χ4n) is 5.53. The van der Waals surface area contributed by atoms with E-state index in [1.54, 1.807) is 27.1 Å². The first-order valence-corrected chi connectivity index (χ1v) is 12.9. The molecule has 212 valence electrons. The number of likely N-dealkylation sites (N-methyl/N-ethyl adjacent to an activating group) is 1. The Bertz CT molecular complexity index is 1070. The molecule has 0 fully saturated rings. The van der Waals surface area contributed by atoms with Gasteiger partial charge >= 0.3 is 0 Å². The van der Waals surface area contributed by atoms with E-state index >= 15 is 0 Å². The summed E-state index contributed by atoms with van der Waals surface area (Å²) < 4.78 is 0. The monoisotopic (exact) mass is 534 g/mol. The first kappa shape index (κ1) is 31.4. The van der Waals surface area contributed by atoms with Crippen LogP contribution < -0.4 is 5.73 Å². The minimum atomic E-state index is -2.37. The summed E-state index contributed by atoms with van der Waals surface area (Å²) in [6.07, 6.45) is 1.23. The van der Waals surface area contributed by atoms with Gasteiger partial charge in [0.1, 0.15) is 17.1 Å². The van der Waals surface area contributed by atoms with Gasteiger partial charge in [0.25, 0.3) is 5.91 Å². The topological polar surface area (TPSA) is 182 Å². The van der Waals surface area contributed by atoms with Crippen molar-refractivity contribution in [1.29, 1.82) is 0 Å². The minimum absolute atomic E-state index is 0.00214. The lowest BCUT2D eigenvalue weighted by Crippen LogP contribution is -2.40. The molecule has 1 amide bonds. The highest BCUT2D eigenvalue weighted by atomic mass is 16.3. The molecule has 7 N–H and O–H groups in total. The van der Waals surface area contributed by atoms with Crippen LogP contribution in [0.25, 0.3) is 0 Å². The third kappa shape index (κ3) is 6.61. The molecule has 2 aliphatic rings. The lowest BCUT2D eigenvalue weighted by molar-refractivity contribution is -0.126.